The number of aromatic nitrogens is 2. The molecule has 0 saturated carbocycles. The molecule has 0 aliphatic carbocycles. The van der Waals surface area contributed by atoms with E-state index < -0.39 is 20.7 Å². The highest BCUT2D eigenvalue weighted by Crippen LogP contribution is 2.37. The van der Waals surface area contributed by atoms with Crippen molar-refractivity contribution in [1.82, 2.24) is 8.96 Å². The van der Waals surface area contributed by atoms with Gasteiger partial charge in [0.05, 0.1) is 10.7 Å². The van der Waals surface area contributed by atoms with E-state index in [0.29, 0.717) is 5.39 Å². The van der Waals surface area contributed by atoms with Crippen LogP contribution in [0.25, 0.3) is 11.0 Å². The summed E-state index contributed by atoms with van der Waals surface area (Å²) in [6.45, 7) is 0. The van der Waals surface area contributed by atoms with E-state index in [9.17, 15) is 13.5 Å². The zero-order chi connectivity index (χ0) is 15.2. The molecule has 0 aliphatic rings. The second kappa shape index (κ2) is 4.64. The van der Waals surface area contributed by atoms with Crippen LogP contribution in [0.4, 0.5) is 5.69 Å². The minimum Gasteiger partial charge on any atom is -0.504 e. The monoisotopic (exact) mass is 323 g/mol. The first-order valence-electron chi connectivity index (χ1n) is 5.87. The molecule has 0 aliphatic heterocycles. The van der Waals surface area contributed by atoms with Gasteiger partial charge in [0, 0.05) is 17.8 Å². The van der Waals surface area contributed by atoms with Crippen molar-refractivity contribution in [3.05, 3.63) is 47.7 Å². The van der Waals surface area contributed by atoms with Gasteiger partial charge in [0.1, 0.15) is 0 Å². The molecule has 2 aromatic heterocycles. The SMILES string of the molecule is Nc1ccc(Cl)c(S(=O)(=O)n2ccc3cccnc32)c1O. The van der Waals surface area contributed by atoms with E-state index in [1.807, 2.05) is 0 Å². The second-order valence-electron chi connectivity index (χ2n) is 4.35. The highest BCUT2D eigenvalue weighted by Gasteiger charge is 2.27. The minimum atomic E-state index is -4.11. The molecule has 0 saturated heterocycles. The van der Waals surface area contributed by atoms with E-state index in [-0.39, 0.29) is 16.4 Å². The van der Waals surface area contributed by atoms with Crippen LogP contribution in [0.5, 0.6) is 5.75 Å². The molecule has 6 nitrogen and oxygen atoms in total. The lowest BCUT2D eigenvalue weighted by molar-refractivity contribution is 0.461. The van der Waals surface area contributed by atoms with Gasteiger partial charge in [0.25, 0.3) is 10.0 Å². The summed E-state index contributed by atoms with van der Waals surface area (Å²) in [5, 5.41) is 10.5. The van der Waals surface area contributed by atoms with E-state index in [4.69, 9.17) is 17.3 Å². The van der Waals surface area contributed by atoms with E-state index in [1.54, 1.807) is 18.2 Å². The standard InChI is InChI=1S/C13H10ClN3O3S/c14-9-3-4-10(15)11(18)12(9)21(19,20)17-7-5-8-2-1-6-16-13(8)17/h1-7,18H,15H2. The number of benzene rings is 1. The maximum Gasteiger partial charge on any atom is 0.274 e. The fraction of sp³-hybridized carbons (Fsp3) is 0. The molecule has 3 rings (SSSR count). The number of aromatic hydroxyl groups is 1. The lowest BCUT2D eigenvalue weighted by atomic mass is 10.3. The number of pyridine rings is 1. The van der Waals surface area contributed by atoms with Gasteiger partial charge in [-0.05, 0) is 30.3 Å². The lowest BCUT2D eigenvalue weighted by Gasteiger charge is -2.11. The number of nitrogens with zero attached hydrogens (tertiary/aromatic N) is 2. The number of nitrogens with two attached hydrogens (primary N) is 1. The third-order valence-electron chi connectivity index (χ3n) is 3.05. The van der Waals surface area contributed by atoms with Crippen molar-refractivity contribution in [3.8, 4) is 5.75 Å². The Hall–Kier alpha value is -2.25. The maximum absolute atomic E-state index is 12.7. The van der Waals surface area contributed by atoms with Crippen LogP contribution in [0.1, 0.15) is 0 Å². The molecule has 0 bridgehead atoms. The zero-order valence-corrected chi connectivity index (χ0v) is 12.1. The van der Waals surface area contributed by atoms with Gasteiger partial charge >= 0.3 is 0 Å². The van der Waals surface area contributed by atoms with Crippen LogP contribution in [-0.2, 0) is 10.0 Å². The van der Waals surface area contributed by atoms with Crippen LogP contribution in [0.2, 0.25) is 5.02 Å². The largest absolute Gasteiger partial charge is 0.504 e. The van der Waals surface area contributed by atoms with E-state index in [2.05, 4.69) is 4.98 Å². The van der Waals surface area contributed by atoms with Gasteiger partial charge in [-0.15, -0.1) is 0 Å². The Bertz CT molecular complexity index is 950. The zero-order valence-electron chi connectivity index (χ0n) is 10.6. The number of anilines is 1. The number of phenolic OH excluding ortho intramolecular Hbond substituents is 1. The fourth-order valence-electron chi connectivity index (χ4n) is 2.04. The number of nitrogen functional groups attached to an aromatic ring is 1. The highest BCUT2D eigenvalue weighted by atomic mass is 35.5. The molecule has 3 N–H and O–H groups in total. The van der Waals surface area contributed by atoms with Gasteiger partial charge in [-0.25, -0.2) is 17.4 Å². The summed E-state index contributed by atoms with van der Waals surface area (Å²) >= 11 is 5.93. The van der Waals surface area contributed by atoms with Gasteiger partial charge < -0.3 is 10.8 Å². The van der Waals surface area contributed by atoms with Crippen LogP contribution >= 0.6 is 11.6 Å². The van der Waals surface area contributed by atoms with Crippen molar-refractivity contribution < 1.29 is 13.5 Å². The fourth-order valence-corrected chi connectivity index (χ4v) is 3.96. The molecule has 108 valence electrons. The van der Waals surface area contributed by atoms with Crippen LogP contribution < -0.4 is 5.73 Å². The summed E-state index contributed by atoms with van der Waals surface area (Å²) in [6, 6.07) is 7.70. The molecule has 0 unspecified atom stereocenters. The Kier molecular flexibility index (Phi) is 3.03. The van der Waals surface area contributed by atoms with Crippen molar-refractivity contribution in [2.75, 3.05) is 5.73 Å². The van der Waals surface area contributed by atoms with Gasteiger partial charge in [0.2, 0.25) is 0 Å². The molecule has 2 heterocycles. The Morgan fingerprint density at radius 2 is 2.00 bits per heavy atom. The average molecular weight is 324 g/mol. The number of hydrogen-bond acceptors (Lipinski definition) is 5. The Labute approximate surface area is 125 Å². The van der Waals surface area contributed by atoms with Crippen LogP contribution in [0.3, 0.4) is 0 Å². The smallest absolute Gasteiger partial charge is 0.274 e. The topological polar surface area (TPSA) is 98.2 Å². The van der Waals surface area contributed by atoms with Crippen molar-refractivity contribution in [2.45, 2.75) is 4.90 Å². The lowest BCUT2D eigenvalue weighted by Crippen LogP contribution is -2.13. The molecule has 8 heteroatoms. The highest BCUT2D eigenvalue weighted by molar-refractivity contribution is 7.90. The molecule has 0 spiro atoms. The normalized spacial score (nSPS) is 11.9. The van der Waals surface area contributed by atoms with Gasteiger partial charge in [-0.3, -0.25) is 0 Å². The van der Waals surface area contributed by atoms with Crippen LogP contribution in [-0.4, -0.2) is 22.5 Å². The minimum absolute atomic E-state index is 0.0672. The summed E-state index contributed by atoms with van der Waals surface area (Å²) in [5.41, 5.74) is 5.73. The Morgan fingerprint density at radius 3 is 2.76 bits per heavy atom. The molecule has 1 aromatic carbocycles. The molecule has 0 radical (unpaired) electrons. The molecule has 0 fully saturated rings. The number of phenols is 1. The molecular formula is C13H10ClN3O3S. The summed E-state index contributed by atoms with van der Waals surface area (Å²) in [5.74, 6) is -0.569. The second-order valence-corrected chi connectivity index (χ2v) is 6.51. The van der Waals surface area contributed by atoms with Crippen LogP contribution in [0, 0.1) is 0 Å². The van der Waals surface area contributed by atoms with E-state index >= 15 is 0 Å². The van der Waals surface area contributed by atoms with Crippen molar-refractivity contribution in [3.63, 3.8) is 0 Å². The summed E-state index contributed by atoms with van der Waals surface area (Å²) < 4.78 is 26.4. The maximum atomic E-state index is 12.7. The van der Waals surface area contributed by atoms with Crippen LogP contribution in [0.15, 0.2) is 47.6 Å². The molecule has 21 heavy (non-hydrogen) atoms. The quantitative estimate of drug-likeness (QED) is 0.556. The number of hydrogen-bond donors (Lipinski definition) is 2. The number of fused-ring (bicyclic) bond motifs is 1. The van der Waals surface area contributed by atoms with E-state index in [0.717, 1.165) is 3.97 Å². The van der Waals surface area contributed by atoms with E-state index in [1.165, 1.54) is 24.5 Å². The average Bonchev–Trinajstić information content (AvgIpc) is 2.88. The predicted octanol–water partition coefficient (Wildman–Crippen LogP) is 2.21. The Morgan fingerprint density at radius 1 is 1.24 bits per heavy atom. The summed E-state index contributed by atoms with van der Waals surface area (Å²) in [6.07, 6.45) is 2.83. The first-order chi connectivity index (χ1) is 9.93. The Balaban J connectivity index is 2.34. The molecule has 0 amide bonds. The summed E-state index contributed by atoms with van der Waals surface area (Å²) in [4.78, 5) is 3.60. The summed E-state index contributed by atoms with van der Waals surface area (Å²) in [7, 11) is -4.11. The number of halogens is 1. The molecule has 3 aromatic rings. The molecule has 0 atom stereocenters. The number of rotatable bonds is 2. The predicted molar refractivity (Wildman–Crippen MR) is 79.8 cm³/mol. The van der Waals surface area contributed by atoms with Gasteiger partial charge in [-0.1, -0.05) is 11.6 Å². The third-order valence-corrected chi connectivity index (χ3v) is 5.22. The van der Waals surface area contributed by atoms with Crippen molar-refractivity contribution >= 4 is 38.3 Å². The molecular weight excluding hydrogens is 314 g/mol. The van der Waals surface area contributed by atoms with Gasteiger partial charge in [-0.2, -0.15) is 0 Å². The third kappa shape index (κ3) is 2.01. The van der Waals surface area contributed by atoms with Gasteiger partial charge in [0.15, 0.2) is 16.3 Å². The van der Waals surface area contributed by atoms with Crippen molar-refractivity contribution in [1.29, 1.82) is 0 Å². The first-order valence-corrected chi connectivity index (χ1v) is 7.69. The van der Waals surface area contributed by atoms with Crippen molar-refractivity contribution in [2.24, 2.45) is 0 Å². The first kappa shape index (κ1) is 13.7.